The number of carbonyl (C=O) groups is 1. The van der Waals surface area contributed by atoms with E-state index in [1.165, 1.54) is 12.3 Å². The van der Waals surface area contributed by atoms with E-state index in [9.17, 15) is 9.18 Å². The van der Waals surface area contributed by atoms with E-state index in [1.54, 1.807) is 4.90 Å². The van der Waals surface area contributed by atoms with Crippen molar-refractivity contribution in [2.75, 3.05) is 6.54 Å². The molecule has 5 heteroatoms. The Balaban J connectivity index is 2.12. The van der Waals surface area contributed by atoms with Gasteiger partial charge in [-0.25, -0.2) is 4.39 Å². The number of halogens is 1. The summed E-state index contributed by atoms with van der Waals surface area (Å²) in [6, 6.07) is 1.46. The van der Waals surface area contributed by atoms with E-state index in [4.69, 9.17) is 5.73 Å². The molecule has 1 aliphatic rings. The topological polar surface area (TPSA) is 59.2 Å². The number of carbonyl (C=O) groups excluding carboxylic acids is 1. The number of hydrogen-bond donors (Lipinski definition) is 1. The third-order valence-electron chi connectivity index (χ3n) is 3.23. The molecule has 0 bridgehead atoms. The molecule has 1 saturated heterocycles. The number of nitrogens with zero attached hydrogens (tertiary/aromatic N) is 2. The van der Waals surface area contributed by atoms with Crippen molar-refractivity contribution in [1.29, 1.82) is 0 Å². The predicted molar refractivity (Wildman–Crippen MR) is 66.5 cm³/mol. The highest BCUT2D eigenvalue weighted by atomic mass is 19.1. The Morgan fingerprint density at radius 1 is 1.67 bits per heavy atom. The number of amides is 1. The van der Waals surface area contributed by atoms with E-state index < -0.39 is 5.82 Å². The zero-order valence-electron chi connectivity index (χ0n) is 10.5. The van der Waals surface area contributed by atoms with Crippen molar-refractivity contribution in [2.45, 2.75) is 38.3 Å². The Bertz CT molecular complexity index is 436. The summed E-state index contributed by atoms with van der Waals surface area (Å²) in [6.45, 7) is 2.65. The summed E-state index contributed by atoms with van der Waals surface area (Å²) in [5.74, 6) is -0.631. The summed E-state index contributed by atoms with van der Waals surface area (Å²) in [6.07, 6.45) is 5.24. The zero-order chi connectivity index (χ0) is 13.1. The number of likely N-dealkylation sites (tertiary alicyclic amines) is 1. The van der Waals surface area contributed by atoms with Crippen molar-refractivity contribution in [1.82, 2.24) is 9.88 Å². The van der Waals surface area contributed by atoms with Gasteiger partial charge in [0.25, 0.3) is 5.91 Å². The molecule has 18 heavy (non-hydrogen) atoms. The fourth-order valence-electron chi connectivity index (χ4n) is 2.47. The Labute approximate surface area is 106 Å². The van der Waals surface area contributed by atoms with E-state index in [-0.39, 0.29) is 18.0 Å². The number of aromatic nitrogens is 1. The van der Waals surface area contributed by atoms with Gasteiger partial charge in [0.05, 0.1) is 11.8 Å². The lowest BCUT2D eigenvalue weighted by Crippen LogP contribution is -2.38. The van der Waals surface area contributed by atoms with Crippen molar-refractivity contribution in [3.05, 3.63) is 29.8 Å². The van der Waals surface area contributed by atoms with E-state index in [1.807, 2.05) is 6.92 Å². The van der Waals surface area contributed by atoms with Crippen LogP contribution in [0.2, 0.25) is 0 Å². The van der Waals surface area contributed by atoms with Gasteiger partial charge in [-0.1, -0.05) is 0 Å². The maximum absolute atomic E-state index is 13.1. The van der Waals surface area contributed by atoms with Crippen molar-refractivity contribution in [3.8, 4) is 0 Å². The van der Waals surface area contributed by atoms with E-state index >= 15 is 0 Å². The van der Waals surface area contributed by atoms with Crippen LogP contribution in [-0.4, -0.2) is 34.4 Å². The van der Waals surface area contributed by atoms with Crippen molar-refractivity contribution in [2.24, 2.45) is 5.73 Å². The molecule has 4 nitrogen and oxygen atoms in total. The van der Waals surface area contributed by atoms with E-state index in [0.717, 1.165) is 25.5 Å². The molecule has 0 spiro atoms. The molecule has 0 aromatic carbocycles. The number of rotatable bonds is 3. The summed E-state index contributed by atoms with van der Waals surface area (Å²) < 4.78 is 13.1. The second-order valence-corrected chi connectivity index (χ2v) is 4.90. The largest absolute Gasteiger partial charge is 0.336 e. The Kier molecular flexibility index (Phi) is 3.91. The van der Waals surface area contributed by atoms with Crippen LogP contribution in [0.25, 0.3) is 0 Å². The Morgan fingerprint density at radius 2 is 2.44 bits per heavy atom. The minimum atomic E-state index is -0.483. The van der Waals surface area contributed by atoms with E-state index in [2.05, 4.69) is 4.98 Å². The fraction of sp³-hybridized carbons (Fsp3) is 0.538. The van der Waals surface area contributed by atoms with Gasteiger partial charge in [-0.3, -0.25) is 9.78 Å². The van der Waals surface area contributed by atoms with Crippen molar-refractivity contribution in [3.63, 3.8) is 0 Å². The monoisotopic (exact) mass is 251 g/mol. The van der Waals surface area contributed by atoms with Crippen molar-refractivity contribution >= 4 is 5.91 Å². The second kappa shape index (κ2) is 5.44. The molecule has 2 N–H and O–H groups in total. The van der Waals surface area contributed by atoms with Crippen LogP contribution in [0, 0.1) is 5.82 Å². The summed E-state index contributed by atoms with van der Waals surface area (Å²) in [5.41, 5.74) is 6.10. The Hall–Kier alpha value is -1.49. The molecule has 2 heterocycles. The molecular weight excluding hydrogens is 233 g/mol. The van der Waals surface area contributed by atoms with Crippen LogP contribution in [0.15, 0.2) is 18.5 Å². The highest BCUT2D eigenvalue weighted by molar-refractivity contribution is 5.94. The van der Waals surface area contributed by atoms with Gasteiger partial charge >= 0.3 is 0 Å². The quantitative estimate of drug-likeness (QED) is 0.887. The molecule has 2 atom stereocenters. The molecule has 1 aliphatic heterocycles. The lowest BCUT2D eigenvalue weighted by atomic mass is 10.1. The third kappa shape index (κ3) is 2.85. The second-order valence-electron chi connectivity index (χ2n) is 4.90. The first kappa shape index (κ1) is 13.0. The zero-order valence-corrected chi connectivity index (χ0v) is 10.5. The smallest absolute Gasteiger partial charge is 0.255 e. The number of nitrogens with two attached hydrogens (primary N) is 1. The SMILES string of the molecule is CC(N)CC1CCCN1C(=O)c1cncc(F)c1. The highest BCUT2D eigenvalue weighted by Crippen LogP contribution is 2.23. The maximum atomic E-state index is 13.1. The first-order chi connectivity index (χ1) is 8.58. The molecular formula is C13H18FN3O. The van der Waals surface area contributed by atoms with Gasteiger partial charge in [0.2, 0.25) is 0 Å². The number of hydrogen-bond acceptors (Lipinski definition) is 3. The molecule has 98 valence electrons. The molecule has 0 aliphatic carbocycles. The van der Waals surface area contributed by atoms with Gasteiger partial charge in [-0.2, -0.15) is 0 Å². The summed E-state index contributed by atoms with van der Waals surface area (Å²) in [7, 11) is 0. The molecule has 0 saturated carbocycles. The van der Waals surface area contributed by atoms with Crippen LogP contribution in [0.1, 0.15) is 36.5 Å². The van der Waals surface area contributed by atoms with Gasteiger partial charge in [0.1, 0.15) is 5.82 Å². The maximum Gasteiger partial charge on any atom is 0.255 e. The fourth-order valence-corrected chi connectivity index (χ4v) is 2.47. The first-order valence-corrected chi connectivity index (χ1v) is 6.25. The standard InChI is InChI=1S/C13H18FN3O/c1-9(15)5-12-3-2-4-17(12)13(18)10-6-11(14)8-16-7-10/h6-9,12H,2-5,15H2,1H3. The summed E-state index contributed by atoms with van der Waals surface area (Å²) in [4.78, 5) is 17.8. The van der Waals surface area contributed by atoms with Gasteiger partial charge in [0, 0.05) is 24.8 Å². The molecule has 0 radical (unpaired) electrons. The molecule has 2 unspecified atom stereocenters. The van der Waals surface area contributed by atoms with Crippen LogP contribution in [-0.2, 0) is 0 Å². The van der Waals surface area contributed by atoms with Gasteiger partial charge < -0.3 is 10.6 Å². The van der Waals surface area contributed by atoms with Crippen LogP contribution >= 0.6 is 0 Å². The minimum Gasteiger partial charge on any atom is -0.336 e. The first-order valence-electron chi connectivity index (χ1n) is 6.25. The van der Waals surface area contributed by atoms with Crippen molar-refractivity contribution < 1.29 is 9.18 Å². The summed E-state index contributed by atoms with van der Waals surface area (Å²) >= 11 is 0. The van der Waals surface area contributed by atoms with E-state index in [0.29, 0.717) is 12.1 Å². The van der Waals surface area contributed by atoms with Crippen LogP contribution in [0.5, 0.6) is 0 Å². The van der Waals surface area contributed by atoms with Crippen LogP contribution in [0.4, 0.5) is 4.39 Å². The normalized spacial score (nSPS) is 21.1. The summed E-state index contributed by atoms with van der Waals surface area (Å²) in [5, 5.41) is 0. The highest BCUT2D eigenvalue weighted by Gasteiger charge is 2.30. The molecule has 1 fully saturated rings. The van der Waals surface area contributed by atoms with Crippen LogP contribution < -0.4 is 5.73 Å². The van der Waals surface area contributed by atoms with Gasteiger partial charge in [-0.05, 0) is 32.3 Å². The lowest BCUT2D eigenvalue weighted by molar-refractivity contribution is 0.0726. The molecule has 1 amide bonds. The minimum absolute atomic E-state index is 0.0639. The number of pyridine rings is 1. The van der Waals surface area contributed by atoms with Gasteiger partial charge in [0.15, 0.2) is 0 Å². The van der Waals surface area contributed by atoms with Gasteiger partial charge in [-0.15, -0.1) is 0 Å². The molecule has 1 aromatic rings. The average molecular weight is 251 g/mol. The predicted octanol–water partition coefficient (Wildman–Crippen LogP) is 1.56. The third-order valence-corrected chi connectivity index (χ3v) is 3.23. The average Bonchev–Trinajstić information content (AvgIpc) is 2.75. The Morgan fingerprint density at radius 3 is 3.11 bits per heavy atom. The molecule has 2 rings (SSSR count). The molecule has 1 aromatic heterocycles. The lowest BCUT2D eigenvalue weighted by Gasteiger charge is -2.26. The van der Waals surface area contributed by atoms with Crippen LogP contribution in [0.3, 0.4) is 0 Å².